The SMILES string of the molecule is C=Cc1cccc(C[N+](C)(CCOC(=O)CCCCCCCCCCCCCCC)CCOC(=O)CCCCCCCCCCCCCCC)c1. The van der Waals surface area contributed by atoms with Crippen LogP contribution in [0.15, 0.2) is 30.8 Å². The highest BCUT2D eigenvalue weighted by Crippen LogP contribution is 2.17. The number of nitrogens with zero attached hydrogens (tertiary/aromatic N) is 1. The zero-order chi connectivity index (χ0) is 37.1. The average Bonchev–Trinajstić information content (AvgIpc) is 3.12. The highest BCUT2D eigenvalue weighted by molar-refractivity contribution is 5.69. The predicted molar refractivity (Wildman–Crippen MR) is 219 cm³/mol. The molecule has 0 bridgehead atoms. The van der Waals surface area contributed by atoms with Gasteiger partial charge in [-0.15, -0.1) is 0 Å². The Balaban J connectivity index is 2.26. The molecule has 0 saturated heterocycles. The maximum absolute atomic E-state index is 12.5. The molecular weight excluding hydrogens is 631 g/mol. The van der Waals surface area contributed by atoms with Gasteiger partial charge in [-0.3, -0.25) is 9.59 Å². The van der Waals surface area contributed by atoms with E-state index in [2.05, 4.69) is 51.7 Å². The van der Waals surface area contributed by atoms with E-state index >= 15 is 0 Å². The van der Waals surface area contributed by atoms with Gasteiger partial charge in [-0.25, -0.2) is 0 Å². The Morgan fingerprint density at radius 1 is 0.569 bits per heavy atom. The second-order valence-electron chi connectivity index (χ2n) is 15.6. The Morgan fingerprint density at radius 3 is 1.27 bits per heavy atom. The van der Waals surface area contributed by atoms with E-state index in [9.17, 15) is 9.59 Å². The maximum Gasteiger partial charge on any atom is 0.305 e. The summed E-state index contributed by atoms with van der Waals surface area (Å²) in [4.78, 5) is 25.1. The summed E-state index contributed by atoms with van der Waals surface area (Å²) < 4.78 is 12.1. The van der Waals surface area contributed by atoms with Gasteiger partial charge >= 0.3 is 11.9 Å². The standard InChI is InChI=1S/C46H82NO4/c1-5-8-10-12-14-16-18-20-22-24-26-28-30-35-45(48)50-39-37-47(4,42-44-34-32-33-43(7-3)41-44)38-40-51-46(49)36-31-29-27-25-23-21-19-17-15-13-11-9-6-2/h7,32-34,41H,3,5-6,8-31,35-40,42H2,1-2,4H3/q+1. The number of carbonyl (C=O) groups excluding carboxylic acids is 2. The van der Waals surface area contributed by atoms with Gasteiger partial charge in [0.1, 0.15) is 32.8 Å². The molecule has 0 saturated carbocycles. The Labute approximate surface area is 316 Å². The first-order chi connectivity index (χ1) is 24.9. The van der Waals surface area contributed by atoms with Crippen LogP contribution in [0.1, 0.15) is 205 Å². The maximum atomic E-state index is 12.5. The molecule has 0 aliphatic heterocycles. The molecule has 0 radical (unpaired) electrons. The van der Waals surface area contributed by atoms with E-state index in [0.29, 0.717) is 43.6 Å². The van der Waals surface area contributed by atoms with Gasteiger partial charge in [0, 0.05) is 18.4 Å². The number of likely N-dealkylation sites (N-methyl/N-ethyl adjacent to an activating group) is 1. The molecule has 0 aromatic heterocycles. The number of hydrogen-bond donors (Lipinski definition) is 0. The van der Waals surface area contributed by atoms with Crippen molar-refractivity contribution in [3.63, 3.8) is 0 Å². The van der Waals surface area contributed by atoms with E-state index in [1.54, 1.807) is 0 Å². The lowest BCUT2D eigenvalue weighted by Gasteiger charge is -2.34. The Bertz CT molecular complexity index is 928. The summed E-state index contributed by atoms with van der Waals surface area (Å²) in [6, 6.07) is 8.40. The molecule has 1 rings (SSSR count). The van der Waals surface area contributed by atoms with Gasteiger partial charge in [-0.1, -0.05) is 199 Å². The fourth-order valence-corrected chi connectivity index (χ4v) is 7.01. The van der Waals surface area contributed by atoms with Crippen molar-refractivity contribution in [3.8, 4) is 0 Å². The van der Waals surface area contributed by atoms with Crippen LogP contribution in [0.3, 0.4) is 0 Å². The van der Waals surface area contributed by atoms with Crippen molar-refractivity contribution in [2.45, 2.75) is 200 Å². The predicted octanol–water partition coefficient (Wildman–Crippen LogP) is 13.3. The second-order valence-corrected chi connectivity index (χ2v) is 15.6. The second kappa shape index (κ2) is 33.7. The van der Waals surface area contributed by atoms with E-state index < -0.39 is 0 Å². The van der Waals surface area contributed by atoms with Crippen LogP contribution in [0, 0.1) is 0 Å². The minimum Gasteiger partial charge on any atom is -0.460 e. The van der Waals surface area contributed by atoms with Crippen LogP contribution >= 0.6 is 0 Å². The van der Waals surface area contributed by atoms with Crippen LogP contribution in [0.25, 0.3) is 6.08 Å². The molecule has 294 valence electrons. The third kappa shape index (κ3) is 29.1. The molecule has 0 N–H and O–H groups in total. The molecule has 0 atom stereocenters. The van der Waals surface area contributed by atoms with E-state index in [1.807, 2.05) is 6.08 Å². The van der Waals surface area contributed by atoms with Gasteiger partial charge < -0.3 is 14.0 Å². The minimum atomic E-state index is -0.0949. The number of esters is 2. The molecule has 0 amide bonds. The number of unbranched alkanes of at least 4 members (excludes halogenated alkanes) is 24. The molecule has 0 spiro atoms. The fraction of sp³-hybridized carbons (Fsp3) is 0.783. The van der Waals surface area contributed by atoms with Crippen LogP contribution in [0.2, 0.25) is 0 Å². The lowest BCUT2D eigenvalue weighted by molar-refractivity contribution is -0.922. The van der Waals surface area contributed by atoms with Crippen LogP contribution in [-0.2, 0) is 25.6 Å². The number of rotatable bonds is 37. The first-order valence-corrected chi connectivity index (χ1v) is 21.8. The third-order valence-electron chi connectivity index (χ3n) is 10.5. The summed E-state index contributed by atoms with van der Waals surface area (Å²) in [5, 5.41) is 0. The monoisotopic (exact) mass is 713 g/mol. The Hall–Kier alpha value is -2.14. The average molecular weight is 713 g/mol. The lowest BCUT2D eigenvalue weighted by atomic mass is 10.0. The lowest BCUT2D eigenvalue weighted by Crippen LogP contribution is -2.48. The van der Waals surface area contributed by atoms with Crippen molar-refractivity contribution < 1.29 is 23.5 Å². The summed E-state index contributed by atoms with van der Waals surface area (Å²) in [6.07, 6.45) is 36.5. The molecular formula is C46H82NO4+. The summed E-state index contributed by atoms with van der Waals surface area (Å²) >= 11 is 0. The fourth-order valence-electron chi connectivity index (χ4n) is 7.01. The molecule has 0 aliphatic rings. The Morgan fingerprint density at radius 2 is 0.922 bits per heavy atom. The normalized spacial score (nSPS) is 11.5. The largest absolute Gasteiger partial charge is 0.460 e. The van der Waals surface area contributed by atoms with Crippen LogP contribution < -0.4 is 0 Å². The molecule has 0 heterocycles. The third-order valence-corrected chi connectivity index (χ3v) is 10.5. The number of ether oxygens (including phenoxy) is 2. The van der Waals surface area contributed by atoms with E-state index in [0.717, 1.165) is 37.8 Å². The summed E-state index contributed by atoms with van der Waals surface area (Å²) in [5.41, 5.74) is 2.29. The molecule has 1 aromatic rings. The molecule has 0 unspecified atom stereocenters. The molecule has 0 aliphatic carbocycles. The van der Waals surface area contributed by atoms with Crippen molar-refractivity contribution in [1.82, 2.24) is 0 Å². The van der Waals surface area contributed by atoms with Crippen LogP contribution in [0.5, 0.6) is 0 Å². The van der Waals surface area contributed by atoms with Gasteiger partial charge in [0.15, 0.2) is 0 Å². The number of carbonyl (C=O) groups is 2. The van der Waals surface area contributed by atoms with Gasteiger partial charge in [0.25, 0.3) is 0 Å². The van der Waals surface area contributed by atoms with Crippen LogP contribution in [0.4, 0.5) is 0 Å². The molecule has 0 fully saturated rings. The number of hydrogen-bond acceptors (Lipinski definition) is 4. The molecule has 5 heteroatoms. The van der Waals surface area contributed by atoms with Crippen molar-refractivity contribution >= 4 is 18.0 Å². The molecule has 1 aromatic carbocycles. The Kier molecular flexibility index (Phi) is 31.0. The smallest absolute Gasteiger partial charge is 0.305 e. The highest BCUT2D eigenvalue weighted by atomic mass is 16.5. The van der Waals surface area contributed by atoms with Crippen molar-refractivity contribution in [3.05, 3.63) is 42.0 Å². The zero-order valence-electron chi connectivity index (χ0n) is 34.0. The first-order valence-electron chi connectivity index (χ1n) is 21.8. The van der Waals surface area contributed by atoms with Gasteiger partial charge in [0.05, 0.1) is 7.05 Å². The van der Waals surface area contributed by atoms with Gasteiger partial charge in [-0.2, -0.15) is 0 Å². The first kappa shape index (κ1) is 46.9. The van der Waals surface area contributed by atoms with Crippen molar-refractivity contribution in [1.29, 1.82) is 0 Å². The number of benzene rings is 1. The summed E-state index contributed by atoms with van der Waals surface area (Å²) in [7, 11) is 2.17. The number of quaternary nitrogens is 1. The van der Waals surface area contributed by atoms with Crippen molar-refractivity contribution in [2.24, 2.45) is 0 Å². The van der Waals surface area contributed by atoms with E-state index in [4.69, 9.17) is 9.47 Å². The highest BCUT2D eigenvalue weighted by Gasteiger charge is 2.24. The molecule has 51 heavy (non-hydrogen) atoms. The van der Waals surface area contributed by atoms with Gasteiger partial charge in [0.2, 0.25) is 0 Å². The van der Waals surface area contributed by atoms with E-state index in [-0.39, 0.29) is 11.9 Å². The van der Waals surface area contributed by atoms with Gasteiger partial charge in [-0.05, 0) is 24.5 Å². The summed E-state index contributed by atoms with van der Waals surface area (Å²) in [5.74, 6) is -0.190. The quantitative estimate of drug-likeness (QED) is 0.0391. The topological polar surface area (TPSA) is 52.6 Å². The minimum absolute atomic E-state index is 0.0949. The van der Waals surface area contributed by atoms with Crippen molar-refractivity contribution in [2.75, 3.05) is 33.4 Å². The van der Waals surface area contributed by atoms with E-state index in [1.165, 1.54) is 147 Å². The zero-order valence-corrected chi connectivity index (χ0v) is 34.0. The summed E-state index contributed by atoms with van der Waals surface area (Å²) in [6.45, 7) is 11.4. The van der Waals surface area contributed by atoms with Crippen LogP contribution in [-0.4, -0.2) is 49.8 Å². The molecule has 5 nitrogen and oxygen atoms in total.